The average Bonchev–Trinajstić information content (AvgIpc) is 2.17. The summed E-state index contributed by atoms with van der Waals surface area (Å²) < 4.78 is 5.57. The molecule has 1 nitrogen and oxygen atoms in total. The van der Waals surface area contributed by atoms with Crippen LogP contribution in [0.3, 0.4) is 0 Å². The van der Waals surface area contributed by atoms with Gasteiger partial charge in [-0.05, 0) is 36.4 Å². The van der Waals surface area contributed by atoms with Crippen molar-refractivity contribution in [2.45, 2.75) is 0 Å². The average molecular weight is 239 g/mol. The second-order valence-electron chi connectivity index (χ2n) is 3.02. The van der Waals surface area contributed by atoms with Gasteiger partial charge in [0, 0.05) is 10.0 Å². The maximum Gasteiger partial charge on any atom is 0.128 e. The van der Waals surface area contributed by atoms with Gasteiger partial charge in [0.2, 0.25) is 0 Å². The molecule has 0 radical (unpaired) electrons. The molecule has 0 bridgehead atoms. The topological polar surface area (TPSA) is 9.23 Å². The fraction of sp³-hybridized carbons (Fsp3) is 0. The Kier molecular flexibility index (Phi) is 3.14. The van der Waals surface area contributed by atoms with Gasteiger partial charge in [-0.1, -0.05) is 35.3 Å². The van der Waals surface area contributed by atoms with Crippen molar-refractivity contribution in [2.24, 2.45) is 0 Å². The maximum absolute atomic E-state index is 5.84. The van der Waals surface area contributed by atoms with Crippen molar-refractivity contribution in [1.29, 1.82) is 0 Å². The number of rotatable bonds is 2. The van der Waals surface area contributed by atoms with Crippen molar-refractivity contribution in [3.8, 4) is 11.5 Å². The molecule has 0 saturated heterocycles. The van der Waals surface area contributed by atoms with Gasteiger partial charge in [-0.25, -0.2) is 0 Å². The lowest BCUT2D eigenvalue weighted by Gasteiger charge is -2.05. The molecule has 0 unspecified atom stereocenters. The first-order chi connectivity index (χ1) is 7.24. The van der Waals surface area contributed by atoms with Crippen LogP contribution < -0.4 is 4.74 Å². The minimum atomic E-state index is 0.648. The highest BCUT2D eigenvalue weighted by Crippen LogP contribution is 2.25. The largest absolute Gasteiger partial charge is 0.457 e. The van der Waals surface area contributed by atoms with Gasteiger partial charge >= 0.3 is 0 Å². The van der Waals surface area contributed by atoms with Gasteiger partial charge in [-0.15, -0.1) is 0 Å². The third-order valence-electron chi connectivity index (χ3n) is 1.83. The van der Waals surface area contributed by atoms with Crippen LogP contribution in [0.4, 0.5) is 0 Å². The molecule has 15 heavy (non-hydrogen) atoms. The Morgan fingerprint density at radius 3 is 1.60 bits per heavy atom. The van der Waals surface area contributed by atoms with Gasteiger partial charge in [-0.3, -0.25) is 0 Å². The van der Waals surface area contributed by atoms with E-state index in [0.717, 1.165) is 0 Å². The molecule has 0 spiro atoms. The minimum Gasteiger partial charge on any atom is -0.457 e. The highest BCUT2D eigenvalue weighted by Gasteiger charge is 1.98. The predicted octanol–water partition coefficient (Wildman–Crippen LogP) is 4.79. The summed E-state index contributed by atoms with van der Waals surface area (Å²) in [6.07, 6.45) is 0. The molecule has 2 rings (SSSR count). The normalized spacial score (nSPS) is 10.0. The van der Waals surface area contributed by atoms with Gasteiger partial charge < -0.3 is 4.74 Å². The number of benzene rings is 2. The molecular formula is C12H8Cl2O. The first-order valence-electron chi connectivity index (χ1n) is 4.43. The van der Waals surface area contributed by atoms with E-state index in [1.807, 2.05) is 24.3 Å². The highest BCUT2D eigenvalue weighted by molar-refractivity contribution is 6.31. The lowest BCUT2D eigenvalue weighted by Crippen LogP contribution is -1.83. The van der Waals surface area contributed by atoms with Crippen molar-refractivity contribution < 1.29 is 4.74 Å². The molecule has 0 N–H and O–H groups in total. The van der Waals surface area contributed by atoms with Crippen LogP contribution in [0.2, 0.25) is 10.0 Å². The molecule has 0 amide bonds. The zero-order chi connectivity index (χ0) is 10.7. The number of ether oxygens (including phenoxy) is 1. The van der Waals surface area contributed by atoms with Crippen molar-refractivity contribution in [1.82, 2.24) is 0 Å². The first-order valence-corrected chi connectivity index (χ1v) is 5.18. The number of hydrogen-bond donors (Lipinski definition) is 0. The summed E-state index contributed by atoms with van der Waals surface area (Å²) in [4.78, 5) is 0. The van der Waals surface area contributed by atoms with Crippen molar-refractivity contribution in [3.63, 3.8) is 0 Å². The van der Waals surface area contributed by atoms with Crippen LogP contribution >= 0.6 is 23.2 Å². The van der Waals surface area contributed by atoms with E-state index in [9.17, 15) is 0 Å². The zero-order valence-corrected chi connectivity index (χ0v) is 9.29. The molecule has 0 aliphatic rings. The number of halogens is 2. The Bertz CT molecular complexity index is 425. The Morgan fingerprint density at radius 1 is 0.733 bits per heavy atom. The van der Waals surface area contributed by atoms with Crippen molar-refractivity contribution >= 4 is 23.2 Å². The van der Waals surface area contributed by atoms with Crippen LogP contribution in [0, 0.1) is 0 Å². The van der Waals surface area contributed by atoms with Crippen LogP contribution in [0.1, 0.15) is 0 Å². The monoisotopic (exact) mass is 238 g/mol. The lowest BCUT2D eigenvalue weighted by molar-refractivity contribution is 0.483. The molecule has 0 aliphatic heterocycles. The Balaban J connectivity index is 2.22. The van der Waals surface area contributed by atoms with Crippen LogP contribution in [0.5, 0.6) is 11.5 Å². The predicted molar refractivity (Wildman–Crippen MR) is 63.0 cm³/mol. The molecule has 3 heteroatoms. The summed E-state index contributed by atoms with van der Waals surface area (Å²) in [6.45, 7) is 0. The molecule has 0 saturated carbocycles. The van der Waals surface area contributed by atoms with E-state index < -0.39 is 0 Å². The fourth-order valence-electron chi connectivity index (χ4n) is 1.20. The molecular weight excluding hydrogens is 231 g/mol. The van der Waals surface area contributed by atoms with E-state index in [1.165, 1.54) is 0 Å². The zero-order valence-electron chi connectivity index (χ0n) is 7.78. The maximum atomic E-state index is 5.84. The van der Waals surface area contributed by atoms with Gasteiger partial charge in [-0.2, -0.15) is 0 Å². The second kappa shape index (κ2) is 4.56. The molecule has 2 aromatic rings. The lowest BCUT2D eigenvalue weighted by atomic mass is 10.3. The molecule has 76 valence electrons. The number of hydrogen-bond acceptors (Lipinski definition) is 1. The van der Waals surface area contributed by atoms with E-state index in [2.05, 4.69) is 0 Å². The van der Waals surface area contributed by atoms with Crippen molar-refractivity contribution in [3.05, 3.63) is 58.6 Å². The van der Waals surface area contributed by atoms with E-state index >= 15 is 0 Å². The first kappa shape index (κ1) is 10.3. The van der Waals surface area contributed by atoms with Crippen LogP contribution in [-0.2, 0) is 0 Å². The van der Waals surface area contributed by atoms with Crippen LogP contribution in [0.15, 0.2) is 48.5 Å². The molecule has 0 aliphatic carbocycles. The molecule has 0 heterocycles. The Hall–Kier alpha value is -1.18. The Labute approximate surface area is 98.2 Å². The quantitative estimate of drug-likeness (QED) is 0.732. The van der Waals surface area contributed by atoms with Gasteiger partial charge in [0.25, 0.3) is 0 Å². The van der Waals surface area contributed by atoms with E-state index in [4.69, 9.17) is 27.9 Å². The van der Waals surface area contributed by atoms with Crippen LogP contribution in [-0.4, -0.2) is 0 Å². The second-order valence-corrected chi connectivity index (χ2v) is 3.89. The minimum absolute atomic E-state index is 0.648. The highest BCUT2D eigenvalue weighted by atomic mass is 35.5. The molecule has 2 aromatic carbocycles. The summed E-state index contributed by atoms with van der Waals surface area (Å²) in [5.41, 5.74) is 0. The molecule has 0 atom stereocenters. The van der Waals surface area contributed by atoms with Gasteiger partial charge in [0.05, 0.1) is 0 Å². The molecule has 0 aromatic heterocycles. The van der Waals surface area contributed by atoms with E-state index in [1.54, 1.807) is 24.3 Å². The summed E-state index contributed by atoms with van der Waals surface area (Å²) in [7, 11) is 0. The Morgan fingerprint density at radius 2 is 1.20 bits per heavy atom. The van der Waals surface area contributed by atoms with Crippen molar-refractivity contribution in [2.75, 3.05) is 0 Å². The summed E-state index contributed by atoms with van der Waals surface area (Å²) in [5.74, 6) is 1.40. The van der Waals surface area contributed by atoms with Gasteiger partial charge in [0.1, 0.15) is 11.5 Å². The van der Waals surface area contributed by atoms with Crippen LogP contribution in [0.25, 0.3) is 0 Å². The SMILES string of the molecule is Clc1cccc(Oc2cccc(Cl)c2)c1. The summed E-state index contributed by atoms with van der Waals surface area (Å²) in [5, 5.41) is 1.30. The van der Waals surface area contributed by atoms with E-state index in [-0.39, 0.29) is 0 Å². The fourth-order valence-corrected chi connectivity index (χ4v) is 1.56. The third-order valence-corrected chi connectivity index (χ3v) is 2.30. The van der Waals surface area contributed by atoms with E-state index in [0.29, 0.717) is 21.5 Å². The standard InChI is InChI=1S/C12H8Cl2O/c13-9-3-1-5-11(7-9)15-12-6-2-4-10(14)8-12/h1-8H. The summed E-state index contributed by atoms with van der Waals surface area (Å²) >= 11 is 11.7. The third kappa shape index (κ3) is 2.88. The summed E-state index contributed by atoms with van der Waals surface area (Å²) in [6, 6.07) is 14.5. The van der Waals surface area contributed by atoms with Gasteiger partial charge in [0.15, 0.2) is 0 Å². The molecule has 0 fully saturated rings. The smallest absolute Gasteiger partial charge is 0.128 e.